The quantitative estimate of drug-likeness (QED) is 0.631. The van der Waals surface area contributed by atoms with Gasteiger partial charge in [0.2, 0.25) is 0 Å². The smallest absolute Gasteiger partial charge is 0.0587 e. The Kier molecular flexibility index (Phi) is 9.81. The lowest BCUT2D eigenvalue weighted by Gasteiger charge is -2.18. The molecule has 1 N–H and O–H groups in total. The minimum atomic E-state index is 0.716. The van der Waals surface area contributed by atoms with Crippen molar-refractivity contribution in [3.63, 3.8) is 0 Å². The molecule has 0 amide bonds. The molecule has 1 aromatic rings. The first-order valence-electron chi connectivity index (χ1n) is 7.59. The summed E-state index contributed by atoms with van der Waals surface area (Å²) in [6.45, 7) is 7.20. The van der Waals surface area contributed by atoms with Crippen LogP contribution in [0.1, 0.15) is 24.5 Å². The summed E-state index contributed by atoms with van der Waals surface area (Å²) >= 11 is 2.04. The van der Waals surface area contributed by atoms with Gasteiger partial charge in [0, 0.05) is 13.7 Å². The average molecular weight is 295 g/mol. The van der Waals surface area contributed by atoms with Crippen LogP contribution in [0.25, 0.3) is 0 Å². The van der Waals surface area contributed by atoms with E-state index in [1.165, 1.54) is 35.5 Å². The molecule has 0 aromatic heterocycles. The molecular formula is C17H29NOS. The maximum atomic E-state index is 5.09. The van der Waals surface area contributed by atoms with Gasteiger partial charge < -0.3 is 10.1 Å². The Morgan fingerprint density at radius 3 is 2.65 bits per heavy atom. The molecule has 0 fully saturated rings. The molecule has 0 saturated heterocycles. The molecule has 0 aliphatic carbocycles. The van der Waals surface area contributed by atoms with E-state index in [1.807, 2.05) is 11.8 Å². The summed E-state index contributed by atoms with van der Waals surface area (Å²) in [5, 5.41) is 3.51. The van der Waals surface area contributed by atoms with Crippen LogP contribution < -0.4 is 5.32 Å². The van der Waals surface area contributed by atoms with Crippen LogP contribution in [0.5, 0.6) is 0 Å². The van der Waals surface area contributed by atoms with Crippen LogP contribution in [-0.2, 0) is 11.2 Å². The number of hydrogen-bond donors (Lipinski definition) is 1. The van der Waals surface area contributed by atoms with E-state index < -0.39 is 0 Å². The van der Waals surface area contributed by atoms with Gasteiger partial charge in [-0.2, -0.15) is 11.8 Å². The Labute approximate surface area is 128 Å². The van der Waals surface area contributed by atoms with Crippen molar-refractivity contribution in [3.05, 3.63) is 35.4 Å². The van der Waals surface area contributed by atoms with Crippen LogP contribution in [0, 0.1) is 12.8 Å². The molecule has 1 aromatic carbocycles. The molecule has 114 valence electrons. The zero-order valence-corrected chi connectivity index (χ0v) is 14.0. The summed E-state index contributed by atoms with van der Waals surface area (Å²) in [4.78, 5) is 0. The Bertz CT molecular complexity index is 339. The minimum Gasteiger partial charge on any atom is -0.383 e. The van der Waals surface area contributed by atoms with Crippen LogP contribution in [0.15, 0.2) is 24.3 Å². The highest BCUT2D eigenvalue weighted by Crippen LogP contribution is 2.15. The van der Waals surface area contributed by atoms with E-state index in [0.717, 1.165) is 19.7 Å². The average Bonchev–Trinajstić information content (AvgIpc) is 2.46. The molecule has 0 bridgehead atoms. The molecule has 1 atom stereocenters. The molecule has 0 spiro atoms. The SMILES string of the molecule is CCSCCC(CNCCOC)Cc1ccc(C)cc1. The number of ether oxygens (including phenoxy) is 1. The summed E-state index contributed by atoms with van der Waals surface area (Å²) in [7, 11) is 1.75. The molecule has 0 radical (unpaired) electrons. The second kappa shape index (κ2) is 11.2. The third-order valence-electron chi connectivity index (χ3n) is 3.44. The van der Waals surface area contributed by atoms with Crippen molar-refractivity contribution in [2.45, 2.75) is 26.7 Å². The Hall–Kier alpha value is -0.510. The number of thioether (sulfide) groups is 1. The molecule has 3 heteroatoms. The molecule has 2 nitrogen and oxygen atoms in total. The number of aryl methyl sites for hydroxylation is 1. The predicted octanol–water partition coefficient (Wildman–Crippen LogP) is 3.53. The fraction of sp³-hybridized carbons (Fsp3) is 0.647. The molecule has 1 rings (SSSR count). The van der Waals surface area contributed by atoms with Crippen LogP contribution in [0.3, 0.4) is 0 Å². The van der Waals surface area contributed by atoms with Gasteiger partial charge in [0.25, 0.3) is 0 Å². The lowest BCUT2D eigenvalue weighted by Crippen LogP contribution is -2.27. The van der Waals surface area contributed by atoms with E-state index in [1.54, 1.807) is 7.11 Å². The topological polar surface area (TPSA) is 21.3 Å². The van der Waals surface area contributed by atoms with E-state index in [2.05, 4.69) is 43.4 Å². The second-order valence-corrected chi connectivity index (χ2v) is 6.63. The van der Waals surface area contributed by atoms with Gasteiger partial charge in [-0.1, -0.05) is 36.8 Å². The second-order valence-electron chi connectivity index (χ2n) is 5.24. The summed E-state index contributed by atoms with van der Waals surface area (Å²) < 4.78 is 5.09. The van der Waals surface area contributed by atoms with Gasteiger partial charge in [0.1, 0.15) is 0 Å². The van der Waals surface area contributed by atoms with Gasteiger partial charge in [-0.3, -0.25) is 0 Å². The van der Waals surface area contributed by atoms with Crippen molar-refractivity contribution >= 4 is 11.8 Å². The van der Waals surface area contributed by atoms with E-state index in [4.69, 9.17) is 4.74 Å². The Balaban J connectivity index is 2.41. The van der Waals surface area contributed by atoms with Crippen molar-refractivity contribution in [2.24, 2.45) is 5.92 Å². The van der Waals surface area contributed by atoms with Gasteiger partial charge in [-0.25, -0.2) is 0 Å². The zero-order chi connectivity index (χ0) is 14.6. The third kappa shape index (κ3) is 7.93. The number of hydrogen-bond acceptors (Lipinski definition) is 3. The van der Waals surface area contributed by atoms with Crippen molar-refractivity contribution in [1.82, 2.24) is 5.32 Å². The zero-order valence-electron chi connectivity index (χ0n) is 13.2. The fourth-order valence-electron chi connectivity index (χ4n) is 2.21. The number of benzene rings is 1. The molecule has 20 heavy (non-hydrogen) atoms. The molecule has 0 aliphatic heterocycles. The number of rotatable bonds is 11. The fourth-order valence-corrected chi connectivity index (χ4v) is 3.00. The van der Waals surface area contributed by atoms with E-state index >= 15 is 0 Å². The van der Waals surface area contributed by atoms with Crippen LogP contribution >= 0.6 is 11.8 Å². The van der Waals surface area contributed by atoms with E-state index in [0.29, 0.717) is 5.92 Å². The first-order chi connectivity index (χ1) is 9.76. The molecule has 0 heterocycles. The molecule has 0 aliphatic rings. The lowest BCUT2D eigenvalue weighted by molar-refractivity contribution is 0.197. The van der Waals surface area contributed by atoms with Crippen molar-refractivity contribution in [3.8, 4) is 0 Å². The monoisotopic (exact) mass is 295 g/mol. The first-order valence-corrected chi connectivity index (χ1v) is 8.74. The predicted molar refractivity (Wildman–Crippen MR) is 90.7 cm³/mol. The highest BCUT2D eigenvalue weighted by atomic mass is 32.2. The Morgan fingerprint density at radius 2 is 2.00 bits per heavy atom. The highest BCUT2D eigenvalue weighted by molar-refractivity contribution is 7.99. The van der Waals surface area contributed by atoms with Gasteiger partial charge in [-0.15, -0.1) is 0 Å². The summed E-state index contributed by atoms with van der Waals surface area (Å²) in [6, 6.07) is 8.96. The minimum absolute atomic E-state index is 0.716. The lowest BCUT2D eigenvalue weighted by atomic mass is 9.96. The van der Waals surface area contributed by atoms with E-state index in [9.17, 15) is 0 Å². The van der Waals surface area contributed by atoms with Gasteiger partial charge in [0.15, 0.2) is 0 Å². The first kappa shape index (κ1) is 17.5. The number of nitrogens with one attached hydrogen (secondary N) is 1. The number of methoxy groups -OCH3 is 1. The molecule has 1 unspecified atom stereocenters. The summed E-state index contributed by atoms with van der Waals surface area (Å²) in [6.07, 6.45) is 2.46. The van der Waals surface area contributed by atoms with Crippen LogP contribution in [-0.4, -0.2) is 38.3 Å². The van der Waals surface area contributed by atoms with Crippen LogP contribution in [0.2, 0.25) is 0 Å². The maximum Gasteiger partial charge on any atom is 0.0587 e. The van der Waals surface area contributed by atoms with E-state index in [-0.39, 0.29) is 0 Å². The Morgan fingerprint density at radius 1 is 1.25 bits per heavy atom. The highest BCUT2D eigenvalue weighted by Gasteiger charge is 2.09. The van der Waals surface area contributed by atoms with Gasteiger partial charge in [-0.05, 0) is 49.3 Å². The molecule has 0 saturated carbocycles. The molecular weight excluding hydrogens is 266 g/mol. The van der Waals surface area contributed by atoms with Crippen molar-refractivity contribution in [2.75, 3.05) is 38.3 Å². The maximum absolute atomic E-state index is 5.09. The van der Waals surface area contributed by atoms with Gasteiger partial charge in [0.05, 0.1) is 6.61 Å². The summed E-state index contributed by atoms with van der Waals surface area (Å²) in [5.74, 6) is 3.20. The summed E-state index contributed by atoms with van der Waals surface area (Å²) in [5.41, 5.74) is 2.79. The van der Waals surface area contributed by atoms with Crippen molar-refractivity contribution in [1.29, 1.82) is 0 Å². The largest absolute Gasteiger partial charge is 0.383 e. The van der Waals surface area contributed by atoms with Gasteiger partial charge >= 0.3 is 0 Å². The third-order valence-corrected chi connectivity index (χ3v) is 4.37. The standard InChI is InChI=1S/C17H29NOS/c1-4-20-12-9-17(14-18-10-11-19-3)13-16-7-5-15(2)6-8-16/h5-8,17-18H,4,9-14H2,1-3H3. The van der Waals surface area contributed by atoms with Crippen molar-refractivity contribution < 1.29 is 4.74 Å². The van der Waals surface area contributed by atoms with Crippen LogP contribution in [0.4, 0.5) is 0 Å². The normalized spacial score (nSPS) is 12.6.